The van der Waals surface area contributed by atoms with Crippen molar-refractivity contribution in [3.8, 4) is 0 Å². The fraction of sp³-hybridized carbons (Fsp3) is 0.700. The molecule has 21 heavy (non-hydrogen) atoms. The van der Waals surface area contributed by atoms with Crippen molar-refractivity contribution in [1.82, 2.24) is 0 Å². The van der Waals surface area contributed by atoms with E-state index in [0.29, 0.717) is 6.04 Å². The molecule has 0 spiro atoms. The third kappa shape index (κ3) is 2.54. The van der Waals surface area contributed by atoms with Gasteiger partial charge in [-0.2, -0.15) is 0 Å². The van der Waals surface area contributed by atoms with E-state index in [1.54, 1.807) is 0 Å². The number of aryl methyl sites for hydroxylation is 1. The fourth-order valence-corrected chi connectivity index (χ4v) is 5.99. The first-order chi connectivity index (χ1) is 10.2. The van der Waals surface area contributed by atoms with Crippen LogP contribution in [-0.4, -0.2) is 6.04 Å². The van der Waals surface area contributed by atoms with Crippen molar-refractivity contribution in [1.29, 1.82) is 0 Å². The van der Waals surface area contributed by atoms with Crippen LogP contribution in [0.1, 0.15) is 50.2 Å². The Morgan fingerprint density at radius 1 is 0.905 bits per heavy atom. The van der Waals surface area contributed by atoms with E-state index in [-0.39, 0.29) is 0 Å². The average Bonchev–Trinajstić information content (AvgIpc) is 2.47. The largest absolute Gasteiger partial charge is 0.327 e. The van der Waals surface area contributed by atoms with Gasteiger partial charge < -0.3 is 5.73 Å². The van der Waals surface area contributed by atoms with E-state index >= 15 is 0 Å². The summed E-state index contributed by atoms with van der Waals surface area (Å²) in [7, 11) is 0. The zero-order valence-electron chi connectivity index (χ0n) is 13.3. The molecule has 0 aromatic heterocycles. The number of hydrogen-bond acceptors (Lipinski definition) is 1. The van der Waals surface area contributed by atoms with Gasteiger partial charge in [-0.05, 0) is 85.7 Å². The Balaban J connectivity index is 1.45. The molecule has 0 saturated heterocycles. The van der Waals surface area contributed by atoms with Crippen LogP contribution in [0.4, 0.5) is 0 Å². The summed E-state index contributed by atoms with van der Waals surface area (Å²) in [5.74, 6) is 4.82. The van der Waals surface area contributed by atoms with Gasteiger partial charge in [0.2, 0.25) is 0 Å². The third-order valence-electron chi connectivity index (χ3n) is 6.70. The van der Waals surface area contributed by atoms with Gasteiger partial charge in [-0.25, -0.2) is 0 Å². The van der Waals surface area contributed by atoms with Gasteiger partial charge in [0.25, 0.3) is 0 Å². The molecule has 2 N–H and O–H groups in total. The van der Waals surface area contributed by atoms with Crippen LogP contribution in [0.3, 0.4) is 0 Å². The quantitative estimate of drug-likeness (QED) is 0.881. The lowest BCUT2D eigenvalue weighted by Gasteiger charge is -2.56. The molecule has 0 amide bonds. The molecule has 4 bridgehead atoms. The van der Waals surface area contributed by atoms with Crippen LogP contribution >= 0.6 is 0 Å². The Labute approximate surface area is 129 Å². The summed E-state index contributed by atoms with van der Waals surface area (Å²) < 4.78 is 0. The van der Waals surface area contributed by atoms with Crippen molar-refractivity contribution in [3.63, 3.8) is 0 Å². The summed E-state index contributed by atoms with van der Waals surface area (Å²) in [4.78, 5) is 0. The maximum absolute atomic E-state index is 6.70. The van der Waals surface area contributed by atoms with Crippen molar-refractivity contribution < 1.29 is 0 Å². The van der Waals surface area contributed by atoms with Crippen LogP contribution < -0.4 is 5.73 Å². The Morgan fingerprint density at radius 2 is 1.43 bits per heavy atom. The van der Waals surface area contributed by atoms with Crippen molar-refractivity contribution >= 4 is 0 Å². The monoisotopic (exact) mass is 283 g/mol. The zero-order valence-corrected chi connectivity index (χ0v) is 13.3. The van der Waals surface area contributed by atoms with Crippen LogP contribution in [0.25, 0.3) is 0 Å². The maximum atomic E-state index is 6.70. The molecular formula is C20H29N. The molecule has 1 aromatic rings. The molecule has 4 aliphatic carbocycles. The number of rotatable bonds is 4. The SMILES string of the molecule is CCc1ccc(CC(N)C2C3CC4CC(C3)CC2C4)cc1. The molecule has 1 atom stereocenters. The molecule has 0 radical (unpaired) electrons. The molecule has 4 saturated carbocycles. The minimum absolute atomic E-state index is 0.382. The summed E-state index contributed by atoms with van der Waals surface area (Å²) in [5, 5.41) is 0. The lowest BCUT2D eigenvalue weighted by molar-refractivity contribution is -0.0464. The molecule has 4 fully saturated rings. The smallest absolute Gasteiger partial charge is 0.0113 e. The number of benzene rings is 1. The van der Waals surface area contributed by atoms with Crippen molar-refractivity contribution in [2.24, 2.45) is 35.3 Å². The van der Waals surface area contributed by atoms with E-state index in [2.05, 4.69) is 31.2 Å². The Kier molecular flexibility index (Phi) is 3.57. The van der Waals surface area contributed by atoms with E-state index in [9.17, 15) is 0 Å². The van der Waals surface area contributed by atoms with Crippen molar-refractivity contribution in [3.05, 3.63) is 35.4 Å². The number of nitrogens with two attached hydrogens (primary N) is 1. The van der Waals surface area contributed by atoms with Gasteiger partial charge in [-0.1, -0.05) is 31.2 Å². The molecule has 4 aliphatic rings. The highest BCUT2D eigenvalue weighted by atomic mass is 14.7. The lowest BCUT2D eigenvalue weighted by Crippen LogP contribution is -2.52. The first-order valence-corrected chi connectivity index (χ1v) is 9.06. The second-order valence-corrected chi connectivity index (χ2v) is 8.05. The minimum atomic E-state index is 0.382. The minimum Gasteiger partial charge on any atom is -0.327 e. The maximum Gasteiger partial charge on any atom is 0.0113 e. The van der Waals surface area contributed by atoms with Gasteiger partial charge >= 0.3 is 0 Å². The van der Waals surface area contributed by atoms with Gasteiger partial charge in [0.15, 0.2) is 0 Å². The highest BCUT2D eigenvalue weighted by Gasteiger charge is 2.49. The fourth-order valence-electron chi connectivity index (χ4n) is 5.99. The zero-order chi connectivity index (χ0) is 14.4. The van der Waals surface area contributed by atoms with Crippen LogP contribution in [0.5, 0.6) is 0 Å². The van der Waals surface area contributed by atoms with E-state index in [0.717, 1.165) is 42.4 Å². The molecular weight excluding hydrogens is 254 g/mol. The Bertz CT molecular complexity index is 461. The first kappa shape index (κ1) is 13.8. The molecule has 114 valence electrons. The van der Waals surface area contributed by atoms with E-state index in [1.165, 1.54) is 43.2 Å². The van der Waals surface area contributed by atoms with Crippen LogP contribution in [-0.2, 0) is 12.8 Å². The van der Waals surface area contributed by atoms with E-state index in [4.69, 9.17) is 5.73 Å². The van der Waals surface area contributed by atoms with Crippen molar-refractivity contribution in [2.75, 3.05) is 0 Å². The summed E-state index contributed by atoms with van der Waals surface area (Å²) in [6.45, 7) is 2.22. The summed E-state index contributed by atoms with van der Waals surface area (Å²) >= 11 is 0. The first-order valence-electron chi connectivity index (χ1n) is 9.06. The molecule has 1 aromatic carbocycles. The molecule has 5 rings (SSSR count). The Hall–Kier alpha value is -0.820. The molecule has 1 heteroatoms. The predicted molar refractivity (Wildman–Crippen MR) is 88.0 cm³/mol. The van der Waals surface area contributed by atoms with E-state index < -0.39 is 0 Å². The van der Waals surface area contributed by atoms with Gasteiger partial charge in [0.05, 0.1) is 0 Å². The van der Waals surface area contributed by atoms with Crippen molar-refractivity contribution in [2.45, 2.75) is 57.9 Å². The highest BCUT2D eigenvalue weighted by molar-refractivity contribution is 5.23. The molecule has 0 heterocycles. The summed E-state index contributed by atoms with van der Waals surface area (Å²) in [6, 6.07) is 9.54. The van der Waals surface area contributed by atoms with Gasteiger partial charge in [0, 0.05) is 6.04 Å². The standard InChI is InChI=1S/C20H29N/c1-2-13-3-5-14(6-4-13)12-19(21)20-17-8-15-7-16(10-17)11-18(20)9-15/h3-6,15-20H,2,7-12,21H2,1H3. The second-order valence-electron chi connectivity index (χ2n) is 8.05. The second kappa shape index (κ2) is 5.43. The average molecular weight is 283 g/mol. The van der Waals surface area contributed by atoms with Gasteiger partial charge in [-0.15, -0.1) is 0 Å². The normalized spacial score (nSPS) is 38.7. The van der Waals surface area contributed by atoms with E-state index in [1.807, 2.05) is 0 Å². The topological polar surface area (TPSA) is 26.0 Å². The molecule has 1 nitrogen and oxygen atoms in total. The highest BCUT2D eigenvalue weighted by Crippen LogP contribution is 2.57. The van der Waals surface area contributed by atoms with Crippen LogP contribution in [0, 0.1) is 29.6 Å². The number of hydrogen-bond donors (Lipinski definition) is 1. The van der Waals surface area contributed by atoms with Crippen LogP contribution in [0.15, 0.2) is 24.3 Å². The predicted octanol–water partition coefficient (Wildman–Crippen LogP) is 4.19. The van der Waals surface area contributed by atoms with Gasteiger partial charge in [0.1, 0.15) is 0 Å². The van der Waals surface area contributed by atoms with Gasteiger partial charge in [-0.3, -0.25) is 0 Å². The lowest BCUT2D eigenvalue weighted by atomic mass is 9.50. The molecule has 0 aliphatic heterocycles. The summed E-state index contributed by atoms with van der Waals surface area (Å²) in [6.07, 6.45) is 9.69. The third-order valence-corrected chi connectivity index (χ3v) is 6.70. The summed E-state index contributed by atoms with van der Waals surface area (Å²) in [5.41, 5.74) is 9.57. The Morgan fingerprint density at radius 3 is 1.95 bits per heavy atom. The molecule has 1 unspecified atom stereocenters. The van der Waals surface area contributed by atoms with Crippen LogP contribution in [0.2, 0.25) is 0 Å².